The first-order valence-electron chi connectivity index (χ1n) is 9.21. The average molecular weight is 428 g/mol. The highest BCUT2D eigenvalue weighted by Crippen LogP contribution is 2.24. The zero-order valence-electron chi connectivity index (χ0n) is 16.0. The molecule has 0 bridgehead atoms. The Morgan fingerprint density at radius 1 is 0.900 bits per heavy atom. The highest BCUT2D eigenvalue weighted by Gasteiger charge is 2.36. The molecule has 0 unspecified atom stereocenters. The summed E-state index contributed by atoms with van der Waals surface area (Å²) in [7, 11) is -4.20. The maximum atomic E-state index is 13.4. The minimum atomic E-state index is -4.20. The molecule has 0 aromatic heterocycles. The van der Waals surface area contributed by atoms with E-state index in [1.54, 1.807) is 60.1 Å². The quantitative estimate of drug-likeness (QED) is 0.426. The average Bonchev–Trinajstić information content (AvgIpc) is 2.77. The lowest BCUT2D eigenvalue weighted by Gasteiger charge is -2.29. The van der Waals surface area contributed by atoms with Gasteiger partial charge in [-0.1, -0.05) is 60.7 Å². The van der Waals surface area contributed by atoms with E-state index in [1.165, 1.54) is 0 Å². The van der Waals surface area contributed by atoms with E-state index in [4.69, 9.17) is 0 Å². The Labute approximate surface area is 174 Å². The molecule has 1 amide bonds. The number of benzene rings is 3. The Hall–Kier alpha value is -3.07. The molecule has 0 heterocycles. The fourth-order valence-corrected chi connectivity index (χ4v) is 4.68. The van der Waals surface area contributed by atoms with Crippen molar-refractivity contribution in [3.63, 3.8) is 0 Å². The van der Waals surface area contributed by atoms with Gasteiger partial charge in [0.1, 0.15) is 11.9 Å². The number of nitrogens with one attached hydrogen (secondary N) is 1. The summed E-state index contributed by atoms with van der Waals surface area (Å²) in [6.45, 7) is -0.106. The van der Waals surface area contributed by atoms with Gasteiger partial charge in [-0.2, -0.15) is 4.31 Å². The fraction of sp³-hybridized carbons (Fsp3) is 0.136. The number of nitrogens with zero attached hydrogens (tertiary/aromatic N) is 1. The van der Waals surface area contributed by atoms with Crippen LogP contribution in [0.3, 0.4) is 0 Å². The number of carbonyl (C=O) groups is 1. The van der Waals surface area contributed by atoms with Crippen LogP contribution in [0, 0.1) is 5.82 Å². The van der Waals surface area contributed by atoms with Gasteiger partial charge in [0.25, 0.3) is 5.91 Å². The van der Waals surface area contributed by atoms with E-state index in [1.807, 2.05) is 6.07 Å². The Morgan fingerprint density at radius 3 is 1.97 bits per heavy atom. The van der Waals surface area contributed by atoms with Gasteiger partial charge in [0.05, 0.1) is 4.90 Å². The Morgan fingerprint density at radius 2 is 1.43 bits per heavy atom. The van der Waals surface area contributed by atoms with Gasteiger partial charge in [0.15, 0.2) is 0 Å². The molecular formula is C22H21FN2O4S. The van der Waals surface area contributed by atoms with Crippen molar-refractivity contribution in [2.24, 2.45) is 0 Å². The topological polar surface area (TPSA) is 86.7 Å². The van der Waals surface area contributed by atoms with Gasteiger partial charge in [-0.25, -0.2) is 18.3 Å². The molecule has 0 saturated carbocycles. The summed E-state index contributed by atoms with van der Waals surface area (Å²) < 4.78 is 41.3. The summed E-state index contributed by atoms with van der Waals surface area (Å²) in [5.74, 6) is -1.43. The summed E-state index contributed by atoms with van der Waals surface area (Å²) in [6.07, 6.45) is 0.0422. The Kier molecular flexibility index (Phi) is 6.94. The molecule has 2 N–H and O–H groups in total. The number of hydroxylamine groups is 1. The van der Waals surface area contributed by atoms with Crippen molar-refractivity contribution in [1.82, 2.24) is 9.79 Å². The van der Waals surface area contributed by atoms with Crippen LogP contribution in [-0.2, 0) is 27.8 Å². The van der Waals surface area contributed by atoms with Crippen molar-refractivity contribution in [2.45, 2.75) is 23.9 Å². The molecule has 0 aliphatic rings. The number of sulfonamides is 1. The summed E-state index contributed by atoms with van der Waals surface area (Å²) in [4.78, 5) is 12.4. The molecule has 0 saturated heterocycles. The molecule has 8 heteroatoms. The van der Waals surface area contributed by atoms with E-state index >= 15 is 0 Å². The van der Waals surface area contributed by atoms with Gasteiger partial charge in [0, 0.05) is 6.54 Å². The van der Waals surface area contributed by atoms with Crippen LogP contribution in [0.5, 0.6) is 0 Å². The van der Waals surface area contributed by atoms with E-state index in [-0.39, 0.29) is 17.9 Å². The van der Waals surface area contributed by atoms with Crippen molar-refractivity contribution < 1.29 is 22.8 Å². The van der Waals surface area contributed by atoms with Gasteiger partial charge >= 0.3 is 0 Å². The molecule has 6 nitrogen and oxygen atoms in total. The monoisotopic (exact) mass is 428 g/mol. The van der Waals surface area contributed by atoms with Crippen LogP contribution in [0.2, 0.25) is 0 Å². The van der Waals surface area contributed by atoms with Crippen molar-refractivity contribution in [3.05, 3.63) is 102 Å². The number of carbonyl (C=O) groups excluding carboxylic acids is 1. The number of halogens is 1. The third-order valence-electron chi connectivity index (χ3n) is 4.63. The minimum Gasteiger partial charge on any atom is -0.289 e. The third kappa shape index (κ3) is 5.10. The van der Waals surface area contributed by atoms with Gasteiger partial charge in [-0.3, -0.25) is 10.0 Å². The Bertz CT molecular complexity index is 1080. The second-order valence-electron chi connectivity index (χ2n) is 6.67. The highest BCUT2D eigenvalue weighted by molar-refractivity contribution is 7.89. The fourth-order valence-electron chi connectivity index (χ4n) is 3.11. The van der Waals surface area contributed by atoms with Crippen LogP contribution >= 0.6 is 0 Å². The zero-order valence-corrected chi connectivity index (χ0v) is 16.8. The number of hydrogen-bond acceptors (Lipinski definition) is 4. The molecule has 0 radical (unpaired) electrons. The van der Waals surface area contributed by atoms with Gasteiger partial charge in [0.2, 0.25) is 10.0 Å². The van der Waals surface area contributed by atoms with Crippen molar-refractivity contribution >= 4 is 15.9 Å². The molecule has 156 valence electrons. The lowest BCUT2D eigenvalue weighted by molar-refractivity contribution is -0.133. The second-order valence-corrected chi connectivity index (χ2v) is 8.56. The van der Waals surface area contributed by atoms with E-state index < -0.39 is 27.8 Å². The third-order valence-corrected chi connectivity index (χ3v) is 6.50. The molecule has 1 atom stereocenters. The number of hydrogen-bond donors (Lipinski definition) is 2. The van der Waals surface area contributed by atoms with Crippen LogP contribution in [0.1, 0.15) is 11.1 Å². The van der Waals surface area contributed by atoms with Crippen LogP contribution < -0.4 is 5.48 Å². The lowest BCUT2D eigenvalue weighted by Crippen LogP contribution is -2.49. The maximum Gasteiger partial charge on any atom is 0.262 e. The smallest absolute Gasteiger partial charge is 0.262 e. The number of rotatable bonds is 8. The van der Waals surface area contributed by atoms with Crippen molar-refractivity contribution in [2.75, 3.05) is 0 Å². The van der Waals surface area contributed by atoms with Crippen LogP contribution in [0.25, 0.3) is 0 Å². The van der Waals surface area contributed by atoms with E-state index in [9.17, 15) is 22.8 Å². The van der Waals surface area contributed by atoms with Gasteiger partial charge in [-0.15, -0.1) is 0 Å². The van der Waals surface area contributed by atoms with Crippen molar-refractivity contribution in [3.8, 4) is 0 Å². The molecule has 3 rings (SSSR count). The van der Waals surface area contributed by atoms with E-state index in [2.05, 4.69) is 0 Å². The molecular weight excluding hydrogens is 407 g/mol. The van der Waals surface area contributed by atoms with Gasteiger partial charge in [-0.05, 0) is 41.8 Å². The molecule has 3 aromatic carbocycles. The minimum absolute atomic E-state index is 0.0422. The normalized spacial score (nSPS) is 12.5. The molecule has 0 fully saturated rings. The molecule has 0 aliphatic heterocycles. The SMILES string of the molecule is O=C(NO)[C@H](Cc1ccccc1)N(Cc1ccccc1)S(=O)(=O)c1ccc(F)cc1. The van der Waals surface area contributed by atoms with E-state index in [0.29, 0.717) is 5.56 Å². The second kappa shape index (κ2) is 9.62. The van der Waals surface area contributed by atoms with Crippen LogP contribution in [-0.4, -0.2) is 29.9 Å². The first kappa shape index (κ1) is 21.6. The maximum absolute atomic E-state index is 13.4. The number of amides is 1. The summed E-state index contributed by atoms with van der Waals surface area (Å²) in [6, 6.07) is 20.9. The highest BCUT2D eigenvalue weighted by atomic mass is 32.2. The van der Waals surface area contributed by atoms with E-state index in [0.717, 1.165) is 34.1 Å². The van der Waals surface area contributed by atoms with Crippen molar-refractivity contribution in [1.29, 1.82) is 0 Å². The van der Waals surface area contributed by atoms with Gasteiger partial charge < -0.3 is 0 Å². The largest absolute Gasteiger partial charge is 0.289 e. The first-order valence-corrected chi connectivity index (χ1v) is 10.6. The lowest BCUT2D eigenvalue weighted by atomic mass is 10.0. The first-order chi connectivity index (χ1) is 14.4. The van der Waals surface area contributed by atoms with Crippen LogP contribution in [0.4, 0.5) is 4.39 Å². The summed E-state index contributed by atoms with van der Waals surface area (Å²) in [5, 5.41) is 9.30. The summed E-state index contributed by atoms with van der Waals surface area (Å²) in [5.41, 5.74) is 2.96. The molecule has 30 heavy (non-hydrogen) atoms. The summed E-state index contributed by atoms with van der Waals surface area (Å²) >= 11 is 0. The predicted molar refractivity (Wildman–Crippen MR) is 109 cm³/mol. The standard InChI is InChI=1S/C22H21FN2O4S/c23-19-11-13-20(14-12-19)30(28,29)25(16-18-9-5-2-6-10-18)21(22(26)24-27)15-17-7-3-1-4-8-17/h1-14,21,27H,15-16H2,(H,24,26)/t21-/m0/s1. The Balaban J connectivity index is 2.07. The molecule has 0 aliphatic carbocycles. The zero-order chi connectivity index (χ0) is 21.6. The van der Waals surface area contributed by atoms with Crippen LogP contribution in [0.15, 0.2) is 89.8 Å². The molecule has 3 aromatic rings. The predicted octanol–water partition coefficient (Wildman–Crippen LogP) is 3.13. The molecule has 0 spiro atoms.